The summed E-state index contributed by atoms with van der Waals surface area (Å²) in [6.07, 6.45) is 0.769. The van der Waals surface area contributed by atoms with E-state index in [2.05, 4.69) is 4.98 Å². The van der Waals surface area contributed by atoms with Gasteiger partial charge in [0.2, 0.25) is 0 Å². The molecule has 1 saturated heterocycles. The van der Waals surface area contributed by atoms with Gasteiger partial charge in [-0.3, -0.25) is 9.78 Å². The summed E-state index contributed by atoms with van der Waals surface area (Å²) in [7, 11) is 0. The van der Waals surface area contributed by atoms with Crippen LogP contribution < -0.4 is 0 Å². The largest absolute Gasteiger partial charge is 0.464 e. The molecule has 2 heterocycles. The van der Waals surface area contributed by atoms with Crippen LogP contribution in [0.3, 0.4) is 0 Å². The van der Waals surface area contributed by atoms with Crippen LogP contribution in [0.5, 0.6) is 0 Å². The highest BCUT2D eigenvalue weighted by molar-refractivity contribution is 6.30. The minimum Gasteiger partial charge on any atom is -0.464 e. The molecule has 2 unspecified atom stereocenters. The Morgan fingerprint density at radius 1 is 1.00 bits per heavy atom. The van der Waals surface area contributed by atoms with E-state index in [0.29, 0.717) is 28.5 Å². The molecule has 0 bridgehead atoms. The highest BCUT2D eigenvalue weighted by atomic mass is 35.5. The van der Waals surface area contributed by atoms with Gasteiger partial charge in [-0.1, -0.05) is 60.8 Å². The molecule has 1 N–H and O–H groups in total. The second-order valence-corrected chi connectivity index (χ2v) is 9.93. The summed E-state index contributed by atoms with van der Waals surface area (Å²) in [5.41, 5.74) is 1.93. The van der Waals surface area contributed by atoms with Crippen molar-refractivity contribution in [1.82, 2.24) is 9.88 Å². The summed E-state index contributed by atoms with van der Waals surface area (Å²) >= 11 is 12.4. The zero-order valence-corrected chi connectivity index (χ0v) is 22.7. The first-order valence-corrected chi connectivity index (χ1v) is 13.3. The van der Waals surface area contributed by atoms with Crippen molar-refractivity contribution in [2.75, 3.05) is 6.61 Å². The van der Waals surface area contributed by atoms with Crippen molar-refractivity contribution in [2.24, 2.45) is 0 Å². The third kappa shape index (κ3) is 6.02. The number of halogens is 2. The number of nitrogens with zero attached hydrogens (tertiary/aromatic N) is 2. The molecule has 200 valence electrons. The lowest BCUT2D eigenvalue weighted by atomic mass is 9.88. The zero-order chi connectivity index (χ0) is 27.2. The summed E-state index contributed by atoms with van der Waals surface area (Å²) < 4.78 is 11.9. The number of carbonyl (C=O) groups excluding carboxylic acids is 2. The van der Waals surface area contributed by atoms with E-state index in [0.717, 1.165) is 11.1 Å². The fourth-order valence-corrected chi connectivity index (χ4v) is 5.06. The van der Waals surface area contributed by atoms with Crippen LogP contribution in [-0.4, -0.2) is 45.6 Å². The van der Waals surface area contributed by atoms with Crippen molar-refractivity contribution in [3.63, 3.8) is 0 Å². The Balaban J connectivity index is 1.90. The third-order valence-electron chi connectivity index (χ3n) is 6.58. The van der Waals surface area contributed by atoms with E-state index in [9.17, 15) is 14.7 Å². The first-order valence-electron chi connectivity index (χ1n) is 12.6. The number of ether oxygens (including phenoxy) is 2. The Morgan fingerprint density at radius 2 is 1.58 bits per heavy atom. The highest BCUT2D eigenvalue weighted by Crippen LogP contribution is 2.46. The van der Waals surface area contributed by atoms with E-state index >= 15 is 0 Å². The summed E-state index contributed by atoms with van der Waals surface area (Å²) in [6.45, 7) is 3.84. The molecule has 9 heteroatoms. The molecule has 1 fully saturated rings. The third-order valence-corrected chi connectivity index (χ3v) is 7.08. The molecule has 38 heavy (non-hydrogen) atoms. The Morgan fingerprint density at radius 3 is 2.13 bits per heavy atom. The average molecular weight is 557 g/mol. The number of aliphatic hydroxyl groups is 1. The lowest BCUT2D eigenvalue weighted by Gasteiger charge is -2.48. The van der Waals surface area contributed by atoms with Gasteiger partial charge in [0.15, 0.2) is 6.10 Å². The molecule has 2 aromatic carbocycles. The number of amides is 1. The Labute approximate surface area is 232 Å². The molecule has 0 aliphatic carbocycles. The number of morpholine rings is 1. The molecule has 0 saturated carbocycles. The zero-order valence-electron chi connectivity index (χ0n) is 21.2. The molecule has 4 rings (SSSR count). The monoisotopic (exact) mass is 556 g/mol. The number of esters is 1. The number of aromatic nitrogens is 1. The molecule has 0 radical (unpaired) electrons. The maximum atomic E-state index is 14.2. The van der Waals surface area contributed by atoms with Crippen LogP contribution in [0.4, 0.5) is 0 Å². The Hall–Kier alpha value is -2.97. The molecule has 1 aromatic heterocycles. The maximum absolute atomic E-state index is 14.2. The minimum absolute atomic E-state index is 0.173. The van der Waals surface area contributed by atoms with Crippen LogP contribution >= 0.6 is 23.2 Å². The number of rotatable bonds is 9. The van der Waals surface area contributed by atoms with Crippen molar-refractivity contribution < 1.29 is 24.2 Å². The van der Waals surface area contributed by atoms with Crippen molar-refractivity contribution in [3.8, 4) is 0 Å². The van der Waals surface area contributed by atoms with Gasteiger partial charge < -0.3 is 19.5 Å². The first-order chi connectivity index (χ1) is 18.3. The summed E-state index contributed by atoms with van der Waals surface area (Å²) in [6, 6.07) is 15.9. The molecular weight excluding hydrogens is 527 g/mol. The van der Waals surface area contributed by atoms with Gasteiger partial charge in [-0.25, -0.2) is 4.79 Å². The molecule has 3 aromatic rings. The lowest BCUT2D eigenvalue weighted by molar-refractivity contribution is -0.198. The molecule has 1 aliphatic rings. The van der Waals surface area contributed by atoms with E-state index in [4.69, 9.17) is 32.7 Å². The van der Waals surface area contributed by atoms with Gasteiger partial charge in [-0.2, -0.15) is 0 Å². The van der Waals surface area contributed by atoms with Crippen molar-refractivity contribution in [1.29, 1.82) is 0 Å². The molecule has 5 atom stereocenters. The average Bonchev–Trinajstić information content (AvgIpc) is 2.93. The predicted molar refractivity (Wildman–Crippen MR) is 145 cm³/mol. The molecule has 1 aliphatic heterocycles. The Kier molecular flexibility index (Phi) is 9.39. The number of carbonyl (C=O) groups is 2. The van der Waals surface area contributed by atoms with E-state index in [-0.39, 0.29) is 6.61 Å². The summed E-state index contributed by atoms with van der Waals surface area (Å²) in [5, 5.41) is 12.4. The predicted octanol–water partition coefficient (Wildman–Crippen LogP) is 5.86. The van der Waals surface area contributed by atoms with Crippen LogP contribution in [0, 0.1) is 0 Å². The number of benzene rings is 2. The van der Waals surface area contributed by atoms with Crippen LogP contribution in [0.25, 0.3) is 0 Å². The molecule has 0 spiro atoms. The van der Waals surface area contributed by atoms with Gasteiger partial charge in [0.25, 0.3) is 5.91 Å². The number of pyridine rings is 1. The topological polar surface area (TPSA) is 89.0 Å². The second kappa shape index (κ2) is 12.7. The van der Waals surface area contributed by atoms with E-state index in [1.165, 1.54) is 17.3 Å². The van der Waals surface area contributed by atoms with Crippen LogP contribution in [0.15, 0.2) is 73.1 Å². The van der Waals surface area contributed by atoms with Gasteiger partial charge in [0.1, 0.15) is 18.2 Å². The number of hydrogen-bond acceptors (Lipinski definition) is 6. The fourth-order valence-electron chi connectivity index (χ4n) is 4.80. The SMILES string of the molecule is CCC[C@H](C(=O)OCC)N1C(=O)[C@H](C(O)c2ccncc2)O[C@@H](c2ccc(Cl)cc2)C1c1ccc(Cl)cc1. The minimum atomic E-state index is -1.29. The quantitative estimate of drug-likeness (QED) is 0.332. The van der Waals surface area contributed by atoms with Crippen LogP contribution in [0.1, 0.15) is 61.6 Å². The molecule has 1 amide bonds. The summed E-state index contributed by atoms with van der Waals surface area (Å²) in [4.78, 5) is 33.0. The maximum Gasteiger partial charge on any atom is 0.328 e. The number of aliphatic hydroxyl groups excluding tert-OH is 1. The van der Waals surface area contributed by atoms with Gasteiger partial charge in [-0.05, 0) is 66.4 Å². The fraction of sp³-hybridized carbons (Fsp3) is 0.345. The smallest absolute Gasteiger partial charge is 0.328 e. The van der Waals surface area contributed by atoms with Crippen molar-refractivity contribution in [3.05, 3.63) is 99.8 Å². The summed E-state index contributed by atoms with van der Waals surface area (Å²) in [5.74, 6) is -1.01. The van der Waals surface area contributed by atoms with Gasteiger partial charge in [-0.15, -0.1) is 0 Å². The normalized spacial score (nSPS) is 21.1. The highest BCUT2D eigenvalue weighted by Gasteiger charge is 2.50. The standard InChI is InChI=1S/C29H30Cl2N2O5/c1-3-5-23(29(36)37-4-2)33-24(18-6-10-21(30)11-7-18)26(20-8-12-22(31)13-9-20)38-27(28(33)35)25(34)19-14-16-32-17-15-19/h6-17,23-27,34H,3-5H2,1-2H3/t23-,24?,25?,26+,27+/m1/s1. The van der Waals surface area contributed by atoms with E-state index < -0.39 is 42.3 Å². The van der Waals surface area contributed by atoms with E-state index in [1.54, 1.807) is 43.3 Å². The van der Waals surface area contributed by atoms with Gasteiger partial charge >= 0.3 is 5.97 Å². The van der Waals surface area contributed by atoms with Crippen LogP contribution in [-0.2, 0) is 19.1 Å². The molecular formula is C29H30Cl2N2O5. The lowest BCUT2D eigenvalue weighted by Crippen LogP contribution is -2.58. The number of hydrogen-bond donors (Lipinski definition) is 1. The van der Waals surface area contributed by atoms with Gasteiger partial charge in [0, 0.05) is 22.4 Å². The van der Waals surface area contributed by atoms with Gasteiger partial charge in [0.05, 0.1) is 12.6 Å². The second-order valence-electron chi connectivity index (χ2n) is 9.05. The van der Waals surface area contributed by atoms with Crippen molar-refractivity contribution in [2.45, 2.75) is 57.1 Å². The first kappa shape index (κ1) is 28.0. The van der Waals surface area contributed by atoms with E-state index in [1.807, 2.05) is 31.2 Å². The Bertz CT molecular complexity index is 1220. The molecule has 7 nitrogen and oxygen atoms in total. The van der Waals surface area contributed by atoms with Crippen LogP contribution in [0.2, 0.25) is 10.0 Å². The van der Waals surface area contributed by atoms with Crippen molar-refractivity contribution >= 4 is 35.1 Å².